The van der Waals surface area contributed by atoms with Crippen LogP contribution in [-0.4, -0.2) is 49.1 Å². The lowest BCUT2D eigenvalue weighted by Gasteiger charge is -2.29. The van der Waals surface area contributed by atoms with Crippen LogP contribution in [0.15, 0.2) is 53.8 Å². The number of hydrazone groups is 1. The molecule has 162 valence electrons. The number of ether oxygens (including phenoxy) is 2. The summed E-state index contributed by atoms with van der Waals surface area (Å²) in [5.41, 5.74) is 5.91. The van der Waals surface area contributed by atoms with Gasteiger partial charge >= 0.3 is 0 Å². The fourth-order valence-corrected chi connectivity index (χ4v) is 4.05. The lowest BCUT2D eigenvalue weighted by Crippen LogP contribution is -2.36. The molecule has 1 aliphatic rings. The van der Waals surface area contributed by atoms with E-state index in [-0.39, 0.29) is 0 Å². The molecular formula is C23H27N5O2S. The van der Waals surface area contributed by atoms with Crippen LogP contribution in [0.5, 0.6) is 5.88 Å². The van der Waals surface area contributed by atoms with Crippen LogP contribution in [0, 0.1) is 0 Å². The summed E-state index contributed by atoms with van der Waals surface area (Å²) in [5, 5.41) is 5.40. The highest BCUT2D eigenvalue weighted by Crippen LogP contribution is 2.23. The highest BCUT2D eigenvalue weighted by atomic mass is 32.1. The van der Waals surface area contributed by atoms with Crippen molar-refractivity contribution in [3.8, 4) is 5.88 Å². The van der Waals surface area contributed by atoms with Gasteiger partial charge in [0, 0.05) is 48.0 Å². The first-order valence-electron chi connectivity index (χ1n) is 10.6. The summed E-state index contributed by atoms with van der Waals surface area (Å²) in [4.78, 5) is 12.6. The van der Waals surface area contributed by atoms with Crippen molar-refractivity contribution in [3.63, 3.8) is 0 Å². The topological polar surface area (TPSA) is 71.9 Å². The Balaban J connectivity index is 1.46. The number of hydrogen-bond acceptors (Lipinski definition) is 8. The average Bonchev–Trinajstić information content (AvgIpc) is 3.28. The smallest absolute Gasteiger partial charge is 0.215 e. The highest BCUT2D eigenvalue weighted by molar-refractivity contribution is 7.16. The van der Waals surface area contributed by atoms with Crippen LogP contribution < -0.4 is 15.1 Å². The Morgan fingerprint density at radius 3 is 2.90 bits per heavy atom. The summed E-state index contributed by atoms with van der Waals surface area (Å²) in [6.07, 6.45) is 5.29. The van der Waals surface area contributed by atoms with E-state index in [2.05, 4.69) is 38.4 Å². The molecule has 31 heavy (non-hydrogen) atoms. The minimum atomic E-state index is 0.514. The van der Waals surface area contributed by atoms with Crippen LogP contribution in [0.1, 0.15) is 23.2 Å². The van der Waals surface area contributed by atoms with E-state index in [0.717, 1.165) is 61.2 Å². The molecule has 7 nitrogen and oxygen atoms in total. The molecule has 0 amide bonds. The molecule has 1 saturated heterocycles. The molecule has 0 unspecified atom stereocenters. The summed E-state index contributed by atoms with van der Waals surface area (Å²) in [5.74, 6) is 0.589. The van der Waals surface area contributed by atoms with Gasteiger partial charge in [-0.3, -0.25) is 10.4 Å². The van der Waals surface area contributed by atoms with Crippen LogP contribution in [0.25, 0.3) is 0 Å². The summed E-state index contributed by atoms with van der Waals surface area (Å²) >= 11 is 1.71. The summed E-state index contributed by atoms with van der Waals surface area (Å²) in [7, 11) is 0. The number of nitrogens with zero attached hydrogens (tertiary/aromatic N) is 4. The number of pyridine rings is 2. The zero-order valence-electron chi connectivity index (χ0n) is 17.7. The maximum Gasteiger partial charge on any atom is 0.215 e. The van der Waals surface area contributed by atoms with E-state index in [0.29, 0.717) is 12.5 Å². The number of thiophene rings is 1. The number of anilines is 2. The van der Waals surface area contributed by atoms with E-state index in [4.69, 9.17) is 9.47 Å². The summed E-state index contributed by atoms with van der Waals surface area (Å²) in [6, 6.07) is 14.1. The Hall–Kier alpha value is -2.97. The largest absolute Gasteiger partial charge is 0.477 e. The zero-order chi connectivity index (χ0) is 21.3. The van der Waals surface area contributed by atoms with Gasteiger partial charge in [0.2, 0.25) is 5.88 Å². The van der Waals surface area contributed by atoms with Crippen molar-refractivity contribution in [1.82, 2.24) is 9.97 Å². The molecule has 0 spiro atoms. The molecule has 4 heterocycles. The Kier molecular flexibility index (Phi) is 7.46. The third-order valence-corrected chi connectivity index (χ3v) is 6.03. The van der Waals surface area contributed by atoms with E-state index in [1.54, 1.807) is 23.7 Å². The molecule has 0 radical (unpaired) electrons. The van der Waals surface area contributed by atoms with Gasteiger partial charge in [-0.05, 0) is 36.8 Å². The number of morpholine rings is 1. The van der Waals surface area contributed by atoms with Gasteiger partial charge in [-0.1, -0.05) is 13.0 Å². The molecule has 0 aromatic carbocycles. The van der Waals surface area contributed by atoms with Crippen molar-refractivity contribution in [2.24, 2.45) is 5.10 Å². The SMILES string of the molecule is CCc1ccc(N/N=C/c2cc(N3CCOCC3)cc(OCCc3ccccn3)n2)s1. The number of hydrogen-bond donors (Lipinski definition) is 1. The molecular weight excluding hydrogens is 410 g/mol. The Labute approximate surface area is 186 Å². The van der Waals surface area contributed by atoms with E-state index < -0.39 is 0 Å². The number of rotatable bonds is 9. The lowest BCUT2D eigenvalue weighted by molar-refractivity contribution is 0.122. The van der Waals surface area contributed by atoms with Gasteiger partial charge in [0.25, 0.3) is 0 Å². The highest BCUT2D eigenvalue weighted by Gasteiger charge is 2.14. The number of aromatic nitrogens is 2. The number of nitrogens with one attached hydrogen (secondary N) is 1. The van der Waals surface area contributed by atoms with E-state index >= 15 is 0 Å². The van der Waals surface area contributed by atoms with E-state index in [1.165, 1.54) is 4.88 Å². The monoisotopic (exact) mass is 437 g/mol. The molecule has 0 saturated carbocycles. The van der Waals surface area contributed by atoms with Gasteiger partial charge in [0.1, 0.15) is 5.00 Å². The first kappa shape index (κ1) is 21.3. The summed E-state index contributed by atoms with van der Waals surface area (Å²) in [6.45, 7) is 5.81. The Morgan fingerprint density at radius 1 is 1.23 bits per heavy atom. The Bertz CT molecular complexity index is 987. The van der Waals surface area contributed by atoms with Gasteiger partial charge in [-0.15, -0.1) is 11.3 Å². The predicted molar refractivity (Wildman–Crippen MR) is 126 cm³/mol. The molecule has 1 aliphatic heterocycles. The minimum Gasteiger partial charge on any atom is -0.477 e. The third-order valence-electron chi connectivity index (χ3n) is 4.90. The van der Waals surface area contributed by atoms with Crippen LogP contribution in [0.3, 0.4) is 0 Å². The van der Waals surface area contributed by atoms with Crippen LogP contribution in [-0.2, 0) is 17.6 Å². The maximum absolute atomic E-state index is 5.98. The second kappa shape index (κ2) is 10.9. The second-order valence-corrected chi connectivity index (χ2v) is 8.27. The normalized spacial score (nSPS) is 14.2. The average molecular weight is 438 g/mol. The van der Waals surface area contributed by atoms with Crippen molar-refractivity contribution in [1.29, 1.82) is 0 Å². The van der Waals surface area contributed by atoms with Crippen LogP contribution in [0.2, 0.25) is 0 Å². The second-order valence-electron chi connectivity index (χ2n) is 7.10. The fourth-order valence-electron chi connectivity index (χ4n) is 3.25. The van der Waals surface area contributed by atoms with E-state index in [9.17, 15) is 0 Å². The van der Waals surface area contributed by atoms with E-state index in [1.807, 2.05) is 36.4 Å². The molecule has 0 aliphatic carbocycles. The fraction of sp³-hybridized carbons (Fsp3) is 0.348. The summed E-state index contributed by atoms with van der Waals surface area (Å²) < 4.78 is 11.5. The Morgan fingerprint density at radius 2 is 2.13 bits per heavy atom. The van der Waals surface area contributed by atoms with Gasteiger partial charge in [0.05, 0.1) is 31.7 Å². The predicted octanol–water partition coefficient (Wildman–Crippen LogP) is 4.00. The molecule has 3 aromatic rings. The third kappa shape index (κ3) is 6.26. The van der Waals surface area contributed by atoms with Crippen molar-refractivity contribution in [3.05, 3.63) is 64.9 Å². The van der Waals surface area contributed by atoms with Crippen LogP contribution >= 0.6 is 11.3 Å². The van der Waals surface area contributed by atoms with Crippen molar-refractivity contribution in [2.45, 2.75) is 19.8 Å². The lowest BCUT2D eigenvalue weighted by atomic mass is 10.2. The first-order chi connectivity index (χ1) is 15.3. The standard InChI is InChI=1S/C23H27N5O2S/c1-2-21-6-7-23(31-21)27-25-17-19-15-20(28-10-13-29-14-11-28)16-22(26-19)30-12-8-18-5-3-4-9-24-18/h3-7,9,15-17,27H,2,8,10-14H2,1H3/b25-17+. The quantitative estimate of drug-likeness (QED) is 0.403. The van der Waals surface area contributed by atoms with Crippen molar-refractivity contribution in [2.75, 3.05) is 43.2 Å². The molecule has 1 fully saturated rings. The first-order valence-corrected chi connectivity index (χ1v) is 11.4. The number of aryl methyl sites for hydroxylation is 1. The van der Waals surface area contributed by atoms with Gasteiger partial charge in [0.15, 0.2) is 0 Å². The molecule has 0 bridgehead atoms. The molecule has 3 aromatic heterocycles. The van der Waals surface area contributed by atoms with Crippen LogP contribution in [0.4, 0.5) is 10.7 Å². The van der Waals surface area contributed by atoms with Crippen molar-refractivity contribution < 1.29 is 9.47 Å². The zero-order valence-corrected chi connectivity index (χ0v) is 18.5. The van der Waals surface area contributed by atoms with Gasteiger partial charge in [-0.2, -0.15) is 5.10 Å². The molecule has 1 N–H and O–H groups in total. The molecule has 0 atom stereocenters. The van der Waals surface area contributed by atoms with Gasteiger partial charge < -0.3 is 14.4 Å². The minimum absolute atomic E-state index is 0.514. The van der Waals surface area contributed by atoms with Gasteiger partial charge in [-0.25, -0.2) is 4.98 Å². The molecule has 4 rings (SSSR count). The molecule has 8 heteroatoms. The van der Waals surface area contributed by atoms with Crippen molar-refractivity contribution >= 4 is 28.2 Å². The maximum atomic E-state index is 5.98.